The number of likely N-dealkylation sites (tertiary alicyclic amines) is 1. The lowest BCUT2D eigenvalue weighted by atomic mass is 10.0. The maximum atomic E-state index is 15.8. The summed E-state index contributed by atoms with van der Waals surface area (Å²) in [7, 11) is 0.597. The highest BCUT2D eigenvalue weighted by molar-refractivity contribution is 7.90. The number of anilines is 1. The SMILES string of the molecule is CCCS(=O)(=O)Cc1ccc(F)c(-n2cc(-c3cncnc3)c3nc(N(C)C4CCN(C)CC4)ccc32)c1F. The van der Waals surface area contributed by atoms with Crippen LogP contribution in [0.4, 0.5) is 14.6 Å². The summed E-state index contributed by atoms with van der Waals surface area (Å²) in [5.74, 6) is -1.52. The fourth-order valence-electron chi connectivity index (χ4n) is 5.23. The van der Waals surface area contributed by atoms with E-state index < -0.39 is 27.2 Å². The quantitative estimate of drug-likeness (QED) is 0.314. The van der Waals surface area contributed by atoms with E-state index in [1.807, 2.05) is 13.1 Å². The summed E-state index contributed by atoms with van der Waals surface area (Å²) in [5, 5.41) is 0. The van der Waals surface area contributed by atoms with Gasteiger partial charge in [-0.1, -0.05) is 13.0 Å². The molecule has 0 radical (unpaired) electrons. The molecule has 0 unspecified atom stereocenters. The Bertz CT molecular complexity index is 1580. The van der Waals surface area contributed by atoms with E-state index >= 15 is 8.78 Å². The van der Waals surface area contributed by atoms with Gasteiger partial charge in [0, 0.05) is 48.4 Å². The van der Waals surface area contributed by atoms with Crippen molar-refractivity contribution in [3.8, 4) is 16.8 Å². The molecule has 206 valence electrons. The molecule has 0 spiro atoms. The molecule has 0 atom stereocenters. The summed E-state index contributed by atoms with van der Waals surface area (Å²) < 4.78 is 57.4. The molecule has 11 heteroatoms. The van der Waals surface area contributed by atoms with Crippen LogP contribution in [0.2, 0.25) is 0 Å². The highest BCUT2D eigenvalue weighted by Gasteiger charge is 2.25. The Morgan fingerprint density at radius 1 is 1.08 bits per heavy atom. The van der Waals surface area contributed by atoms with Gasteiger partial charge in [-0.25, -0.2) is 32.2 Å². The summed E-state index contributed by atoms with van der Waals surface area (Å²) >= 11 is 0. The molecule has 0 N–H and O–H groups in total. The van der Waals surface area contributed by atoms with Gasteiger partial charge in [0.05, 0.1) is 22.5 Å². The smallest absolute Gasteiger partial charge is 0.154 e. The van der Waals surface area contributed by atoms with Gasteiger partial charge in [-0.3, -0.25) is 0 Å². The highest BCUT2D eigenvalue weighted by Crippen LogP contribution is 2.35. The van der Waals surface area contributed by atoms with Crippen LogP contribution in [0.5, 0.6) is 0 Å². The van der Waals surface area contributed by atoms with Gasteiger partial charge in [0.25, 0.3) is 0 Å². The van der Waals surface area contributed by atoms with Crippen molar-refractivity contribution in [2.75, 3.05) is 37.8 Å². The molecule has 4 heterocycles. The Labute approximate surface area is 227 Å². The third kappa shape index (κ3) is 5.51. The standard InChI is InChI=1S/C28H32F2N6O2S/c1-4-13-39(37,38)17-19-5-6-23(29)28(26(19)30)36-16-22(20-14-31-18-32-15-20)27-24(36)7-8-25(33-27)35(3)21-9-11-34(2)12-10-21/h5-8,14-16,18,21H,4,9-13,17H2,1-3H3. The second-order valence-corrected chi connectivity index (χ2v) is 12.4. The lowest BCUT2D eigenvalue weighted by Crippen LogP contribution is -2.42. The van der Waals surface area contributed by atoms with E-state index in [1.165, 1.54) is 17.0 Å². The van der Waals surface area contributed by atoms with E-state index in [0.717, 1.165) is 37.8 Å². The minimum atomic E-state index is -3.54. The average Bonchev–Trinajstić information content (AvgIpc) is 3.29. The van der Waals surface area contributed by atoms with Crippen molar-refractivity contribution in [3.63, 3.8) is 0 Å². The fraction of sp³-hybridized carbons (Fsp3) is 0.393. The molecule has 1 aliphatic heterocycles. The number of halogens is 2. The molecule has 4 aromatic rings. The third-order valence-corrected chi connectivity index (χ3v) is 9.16. The molecular weight excluding hydrogens is 522 g/mol. The van der Waals surface area contributed by atoms with Gasteiger partial charge >= 0.3 is 0 Å². The van der Waals surface area contributed by atoms with Gasteiger partial charge in [-0.2, -0.15) is 0 Å². The number of rotatable bonds is 8. The first-order valence-electron chi connectivity index (χ1n) is 13.0. The molecule has 1 aromatic carbocycles. The number of piperidine rings is 1. The number of benzene rings is 1. The lowest BCUT2D eigenvalue weighted by Gasteiger charge is -2.35. The van der Waals surface area contributed by atoms with Crippen molar-refractivity contribution in [1.29, 1.82) is 0 Å². The van der Waals surface area contributed by atoms with Crippen LogP contribution in [0.1, 0.15) is 31.7 Å². The zero-order valence-corrected chi connectivity index (χ0v) is 23.1. The molecule has 3 aromatic heterocycles. The van der Waals surface area contributed by atoms with Gasteiger partial charge in [-0.05, 0) is 57.6 Å². The van der Waals surface area contributed by atoms with Gasteiger partial charge in [-0.15, -0.1) is 0 Å². The Hall–Kier alpha value is -3.44. The van der Waals surface area contributed by atoms with Crippen LogP contribution >= 0.6 is 0 Å². The Kier molecular flexibility index (Phi) is 7.64. The molecule has 39 heavy (non-hydrogen) atoms. The van der Waals surface area contributed by atoms with Crippen molar-refractivity contribution < 1.29 is 17.2 Å². The molecule has 8 nitrogen and oxygen atoms in total. The van der Waals surface area contributed by atoms with E-state index in [9.17, 15) is 8.42 Å². The number of pyridine rings is 1. The zero-order chi connectivity index (χ0) is 27.7. The number of fused-ring (bicyclic) bond motifs is 1. The van der Waals surface area contributed by atoms with Gasteiger partial charge < -0.3 is 14.4 Å². The van der Waals surface area contributed by atoms with Crippen LogP contribution in [0.3, 0.4) is 0 Å². The Balaban J connectivity index is 1.65. The largest absolute Gasteiger partial charge is 0.357 e. The monoisotopic (exact) mass is 554 g/mol. The fourth-order valence-corrected chi connectivity index (χ4v) is 6.69. The zero-order valence-electron chi connectivity index (χ0n) is 22.3. The van der Waals surface area contributed by atoms with E-state index in [4.69, 9.17) is 4.98 Å². The number of hydrogen-bond donors (Lipinski definition) is 0. The molecule has 0 saturated carbocycles. The second kappa shape index (κ2) is 11.0. The van der Waals surface area contributed by atoms with Crippen LogP contribution in [0.25, 0.3) is 27.8 Å². The number of hydrogen-bond acceptors (Lipinski definition) is 7. The number of nitrogens with zero attached hydrogens (tertiary/aromatic N) is 6. The summed E-state index contributed by atoms with van der Waals surface area (Å²) in [4.78, 5) is 17.7. The van der Waals surface area contributed by atoms with Crippen molar-refractivity contribution in [1.82, 2.24) is 24.4 Å². The van der Waals surface area contributed by atoms with Gasteiger partial charge in [0.1, 0.15) is 23.6 Å². The predicted octanol–water partition coefficient (Wildman–Crippen LogP) is 4.62. The first kappa shape index (κ1) is 27.1. The molecule has 1 saturated heterocycles. The van der Waals surface area contributed by atoms with Crippen molar-refractivity contribution in [3.05, 3.63) is 66.4 Å². The lowest BCUT2D eigenvalue weighted by molar-refractivity contribution is 0.252. The summed E-state index contributed by atoms with van der Waals surface area (Å²) in [6.07, 6.45) is 8.72. The second-order valence-electron chi connectivity index (χ2n) is 10.2. The van der Waals surface area contributed by atoms with Crippen LogP contribution in [-0.2, 0) is 15.6 Å². The maximum absolute atomic E-state index is 15.8. The van der Waals surface area contributed by atoms with Crippen LogP contribution in [0, 0.1) is 11.6 Å². The summed E-state index contributed by atoms with van der Waals surface area (Å²) in [6, 6.07) is 6.30. The van der Waals surface area contributed by atoms with E-state index in [-0.39, 0.29) is 17.0 Å². The first-order chi connectivity index (χ1) is 18.7. The third-order valence-electron chi connectivity index (χ3n) is 7.38. The minimum Gasteiger partial charge on any atom is -0.357 e. The molecule has 0 amide bonds. The van der Waals surface area contributed by atoms with Crippen LogP contribution < -0.4 is 4.90 Å². The molecule has 5 rings (SSSR count). The molecule has 0 bridgehead atoms. The maximum Gasteiger partial charge on any atom is 0.154 e. The average molecular weight is 555 g/mol. The predicted molar refractivity (Wildman–Crippen MR) is 149 cm³/mol. The van der Waals surface area contributed by atoms with E-state index in [0.29, 0.717) is 34.6 Å². The number of sulfone groups is 1. The topological polar surface area (TPSA) is 84.2 Å². The molecule has 1 fully saturated rings. The van der Waals surface area contributed by atoms with Crippen LogP contribution in [-0.4, -0.2) is 71.8 Å². The Morgan fingerprint density at radius 2 is 1.79 bits per heavy atom. The van der Waals surface area contributed by atoms with Gasteiger partial charge in [0.15, 0.2) is 15.7 Å². The van der Waals surface area contributed by atoms with Crippen molar-refractivity contribution in [2.45, 2.75) is 38.0 Å². The number of aromatic nitrogens is 4. The minimum absolute atomic E-state index is 0.0682. The van der Waals surface area contributed by atoms with E-state index in [1.54, 1.807) is 31.6 Å². The summed E-state index contributed by atoms with van der Waals surface area (Å²) in [6.45, 7) is 3.75. The first-order valence-corrected chi connectivity index (χ1v) is 14.9. The molecular formula is C28H32F2N6O2S. The van der Waals surface area contributed by atoms with Crippen LogP contribution in [0.15, 0.2) is 49.2 Å². The Morgan fingerprint density at radius 3 is 2.49 bits per heavy atom. The van der Waals surface area contributed by atoms with Crippen molar-refractivity contribution in [2.24, 2.45) is 0 Å². The van der Waals surface area contributed by atoms with Gasteiger partial charge in [0.2, 0.25) is 0 Å². The molecule has 0 aliphatic carbocycles. The molecule has 1 aliphatic rings. The normalized spacial score (nSPS) is 15.2. The van der Waals surface area contributed by atoms with E-state index in [2.05, 4.69) is 26.8 Å². The van der Waals surface area contributed by atoms with Crippen molar-refractivity contribution >= 4 is 26.7 Å². The highest BCUT2D eigenvalue weighted by atomic mass is 32.2. The summed E-state index contributed by atoms with van der Waals surface area (Å²) in [5.41, 5.74) is 1.89.